The van der Waals surface area contributed by atoms with Gasteiger partial charge in [-0.1, -0.05) is 12.1 Å². The molecule has 0 saturated heterocycles. The summed E-state index contributed by atoms with van der Waals surface area (Å²) in [5.74, 6) is -0.0677. The van der Waals surface area contributed by atoms with Crippen molar-refractivity contribution >= 4 is 17.2 Å². The van der Waals surface area contributed by atoms with E-state index >= 15 is 0 Å². The van der Waals surface area contributed by atoms with Crippen molar-refractivity contribution in [2.24, 2.45) is 0 Å². The van der Waals surface area contributed by atoms with Crippen LogP contribution in [0.4, 0.5) is 0 Å². The molecule has 82 valence electrons. The Balaban J connectivity index is 2.29. The molecule has 1 heterocycles. The molecule has 0 radical (unpaired) electrons. The summed E-state index contributed by atoms with van der Waals surface area (Å²) in [7, 11) is 1.63. The molecule has 2 aromatic rings. The Labute approximate surface area is 98.2 Å². The molecule has 0 aliphatic carbocycles. The van der Waals surface area contributed by atoms with E-state index in [1.54, 1.807) is 18.4 Å². The van der Waals surface area contributed by atoms with E-state index in [-0.39, 0.29) is 5.91 Å². The van der Waals surface area contributed by atoms with E-state index in [0.717, 1.165) is 16.3 Å². The number of benzene rings is 1. The molecule has 0 bridgehead atoms. The fourth-order valence-electron chi connectivity index (χ4n) is 1.40. The van der Waals surface area contributed by atoms with Crippen molar-refractivity contribution in [3.8, 4) is 10.6 Å². The summed E-state index contributed by atoms with van der Waals surface area (Å²) in [6.45, 7) is 1.97. The second kappa shape index (κ2) is 4.45. The van der Waals surface area contributed by atoms with E-state index in [0.29, 0.717) is 5.56 Å². The SMILES string of the molecule is CNC(=O)c1ccc(-c2nc(C)cs2)cc1. The highest BCUT2D eigenvalue weighted by molar-refractivity contribution is 7.13. The summed E-state index contributed by atoms with van der Waals surface area (Å²) in [5, 5.41) is 5.60. The number of thiazole rings is 1. The molecule has 16 heavy (non-hydrogen) atoms. The van der Waals surface area contributed by atoms with Gasteiger partial charge in [0.1, 0.15) is 5.01 Å². The van der Waals surface area contributed by atoms with Gasteiger partial charge in [-0.15, -0.1) is 11.3 Å². The summed E-state index contributed by atoms with van der Waals surface area (Å²) >= 11 is 1.61. The normalized spacial score (nSPS) is 10.1. The van der Waals surface area contributed by atoms with Gasteiger partial charge in [0.2, 0.25) is 0 Å². The van der Waals surface area contributed by atoms with Crippen LogP contribution in [0.2, 0.25) is 0 Å². The van der Waals surface area contributed by atoms with E-state index in [1.807, 2.05) is 36.6 Å². The van der Waals surface area contributed by atoms with Crippen LogP contribution in [0.1, 0.15) is 16.1 Å². The van der Waals surface area contributed by atoms with Gasteiger partial charge in [-0.05, 0) is 19.1 Å². The van der Waals surface area contributed by atoms with Gasteiger partial charge in [0, 0.05) is 29.2 Å². The monoisotopic (exact) mass is 232 g/mol. The molecule has 4 heteroatoms. The molecule has 1 aromatic heterocycles. The minimum absolute atomic E-state index is 0.0677. The first-order valence-electron chi connectivity index (χ1n) is 4.95. The van der Waals surface area contributed by atoms with Gasteiger partial charge >= 0.3 is 0 Å². The molecule has 0 spiro atoms. The van der Waals surface area contributed by atoms with Crippen LogP contribution >= 0.6 is 11.3 Å². The third kappa shape index (κ3) is 2.12. The van der Waals surface area contributed by atoms with Crippen molar-refractivity contribution < 1.29 is 4.79 Å². The zero-order chi connectivity index (χ0) is 11.5. The van der Waals surface area contributed by atoms with Crippen LogP contribution in [0.25, 0.3) is 10.6 Å². The smallest absolute Gasteiger partial charge is 0.251 e. The molecule has 2 rings (SSSR count). The lowest BCUT2D eigenvalue weighted by molar-refractivity contribution is 0.0963. The molecule has 0 aliphatic rings. The Kier molecular flexibility index (Phi) is 3.01. The van der Waals surface area contributed by atoms with Gasteiger partial charge in [-0.3, -0.25) is 4.79 Å². The maximum absolute atomic E-state index is 11.3. The fraction of sp³-hybridized carbons (Fsp3) is 0.167. The highest BCUT2D eigenvalue weighted by Gasteiger charge is 2.05. The number of carbonyl (C=O) groups is 1. The van der Waals surface area contributed by atoms with E-state index in [1.165, 1.54) is 0 Å². The second-order valence-corrected chi connectivity index (χ2v) is 4.31. The number of aryl methyl sites for hydroxylation is 1. The highest BCUT2D eigenvalue weighted by atomic mass is 32.1. The van der Waals surface area contributed by atoms with Crippen LogP contribution < -0.4 is 5.32 Å². The molecule has 0 unspecified atom stereocenters. The first kappa shape index (κ1) is 10.8. The Morgan fingerprint density at radius 2 is 2.00 bits per heavy atom. The van der Waals surface area contributed by atoms with Crippen LogP contribution in [-0.4, -0.2) is 17.9 Å². The summed E-state index contributed by atoms with van der Waals surface area (Å²) < 4.78 is 0. The number of nitrogens with one attached hydrogen (secondary N) is 1. The number of amides is 1. The van der Waals surface area contributed by atoms with E-state index in [2.05, 4.69) is 10.3 Å². The predicted molar refractivity (Wildman–Crippen MR) is 65.7 cm³/mol. The average Bonchev–Trinajstić information content (AvgIpc) is 2.75. The van der Waals surface area contributed by atoms with Crippen molar-refractivity contribution in [1.29, 1.82) is 0 Å². The molecule has 1 aromatic carbocycles. The van der Waals surface area contributed by atoms with Crippen LogP contribution in [-0.2, 0) is 0 Å². The number of aromatic nitrogens is 1. The van der Waals surface area contributed by atoms with E-state index in [9.17, 15) is 4.79 Å². The van der Waals surface area contributed by atoms with Gasteiger partial charge in [0.25, 0.3) is 5.91 Å². The standard InChI is InChI=1S/C12H12N2OS/c1-8-7-16-12(14-8)10-5-3-9(4-6-10)11(15)13-2/h3-7H,1-2H3,(H,13,15). The van der Waals surface area contributed by atoms with Crippen LogP contribution in [0.5, 0.6) is 0 Å². The minimum Gasteiger partial charge on any atom is -0.355 e. The van der Waals surface area contributed by atoms with Crippen molar-refractivity contribution in [3.63, 3.8) is 0 Å². The molecule has 1 amide bonds. The maximum Gasteiger partial charge on any atom is 0.251 e. The molecular formula is C12H12N2OS. The zero-order valence-corrected chi connectivity index (χ0v) is 9.97. The highest BCUT2D eigenvalue weighted by Crippen LogP contribution is 2.23. The Morgan fingerprint density at radius 1 is 1.31 bits per heavy atom. The lowest BCUT2D eigenvalue weighted by Crippen LogP contribution is -2.17. The molecule has 0 atom stereocenters. The van der Waals surface area contributed by atoms with Crippen molar-refractivity contribution in [3.05, 3.63) is 40.9 Å². The quantitative estimate of drug-likeness (QED) is 0.864. The Morgan fingerprint density at radius 3 is 2.50 bits per heavy atom. The van der Waals surface area contributed by atoms with Crippen LogP contribution in [0.3, 0.4) is 0 Å². The average molecular weight is 232 g/mol. The van der Waals surface area contributed by atoms with Gasteiger partial charge in [-0.25, -0.2) is 4.98 Å². The summed E-state index contributed by atoms with van der Waals surface area (Å²) in [4.78, 5) is 15.7. The number of hydrogen-bond donors (Lipinski definition) is 1. The molecule has 1 N–H and O–H groups in total. The molecule has 0 saturated carbocycles. The van der Waals surface area contributed by atoms with Crippen LogP contribution in [0, 0.1) is 6.92 Å². The van der Waals surface area contributed by atoms with E-state index in [4.69, 9.17) is 0 Å². The molecule has 0 fully saturated rings. The molecular weight excluding hydrogens is 220 g/mol. The zero-order valence-electron chi connectivity index (χ0n) is 9.15. The van der Waals surface area contributed by atoms with Crippen LogP contribution in [0.15, 0.2) is 29.6 Å². The van der Waals surface area contributed by atoms with E-state index < -0.39 is 0 Å². The van der Waals surface area contributed by atoms with Gasteiger partial charge in [0.05, 0.1) is 0 Å². The third-order valence-electron chi connectivity index (χ3n) is 2.24. The fourth-order valence-corrected chi connectivity index (χ4v) is 2.20. The second-order valence-electron chi connectivity index (χ2n) is 3.45. The minimum atomic E-state index is -0.0677. The van der Waals surface area contributed by atoms with Crippen molar-refractivity contribution in [2.45, 2.75) is 6.92 Å². The third-order valence-corrected chi connectivity index (χ3v) is 3.25. The Bertz CT molecular complexity index is 502. The van der Waals surface area contributed by atoms with Gasteiger partial charge in [-0.2, -0.15) is 0 Å². The predicted octanol–water partition coefficient (Wildman–Crippen LogP) is 2.48. The molecule has 3 nitrogen and oxygen atoms in total. The lowest BCUT2D eigenvalue weighted by atomic mass is 10.1. The maximum atomic E-state index is 11.3. The number of hydrogen-bond acceptors (Lipinski definition) is 3. The number of carbonyl (C=O) groups excluding carboxylic acids is 1. The van der Waals surface area contributed by atoms with Gasteiger partial charge in [0.15, 0.2) is 0 Å². The largest absolute Gasteiger partial charge is 0.355 e. The first-order chi connectivity index (χ1) is 7.70. The van der Waals surface area contributed by atoms with Crippen molar-refractivity contribution in [2.75, 3.05) is 7.05 Å². The number of rotatable bonds is 2. The Hall–Kier alpha value is -1.68. The first-order valence-corrected chi connectivity index (χ1v) is 5.83. The summed E-state index contributed by atoms with van der Waals surface area (Å²) in [6.07, 6.45) is 0. The topological polar surface area (TPSA) is 42.0 Å². The summed E-state index contributed by atoms with van der Waals surface area (Å²) in [5.41, 5.74) is 2.74. The molecule has 0 aliphatic heterocycles. The summed E-state index contributed by atoms with van der Waals surface area (Å²) in [6, 6.07) is 7.46. The lowest BCUT2D eigenvalue weighted by Gasteiger charge is -2.00. The van der Waals surface area contributed by atoms with Gasteiger partial charge < -0.3 is 5.32 Å². The van der Waals surface area contributed by atoms with Crippen molar-refractivity contribution in [1.82, 2.24) is 10.3 Å². The number of nitrogens with zero attached hydrogens (tertiary/aromatic N) is 1.